The molecule has 6 nitrogen and oxygen atoms in total. The molecule has 0 aliphatic heterocycles. The van der Waals surface area contributed by atoms with E-state index in [4.69, 9.17) is 22.2 Å². The number of nitrogens with one attached hydrogen (secondary N) is 1. The Labute approximate surface area is 119 Å². The first-order valence-corrected chi connectivity index (χ1v) is 6.15. The van der Waals surface area contributed by atoms with Gasteiger partial charge in [-0.3, -0.25) is 9.97 Å². The Balaban J connectivity index is 2.04. The molecule has 0 aliphatic rings. The van der Waals surface area contributed by atoms with Gasteiger partial charge in [0.05, 0.1) is 17.4 Å². The molecule has 0 bridgehead atoms. The van der Waals surface area contributed by atoms with Crippen molar-refractivity contribution in [1.82, 2.24) is 15.0 Å². The first-order valence-electron chi connectivity index (χ1n) is 5.77. The summed E-state index contributed by atoms with van der Waals surface area (Å²) in [6, 6.07) is 7.18. The Hall–Kier alpha value is -2.44. The van der Waals surface area contributed by atoms with Gasteiger partial charge in [-0.1, -0.05) is 11.6 Å². The standard InChI is InChI=1S/C13H10ClN5O/c14-9-3-4-10(13-8(9)2-1-5-17-13)20-12-7-16-6-11(18-12)19-15/h1-7H,15H2,(H,18,19). The summed E-state index contributed by atoms with van der Waals surface area (Å²) in [6.07, 6.45) is 4.66. The number of nitrogens with two attached hydrogens (primary N) is 1. The lowest BCUT2D eigenvalue weighted by Gasteiger charge is -2.08. The zero-order valence-corrected chi connectivity index (χ0v) is 11.0. The molecule has 2 heterocycles. The second kappa shape index (κ2) is 5.28. The van der Waals surface area contributed by atoms with Gasteiger partial charge in [0, 0.05) is 11.6 Å². The number of halogens is 1. The van der Waals surface area contributed by atoms with E-state index in [0.717, 1.165) is 5.39 Å². The van der Waals surface area contributed by atoms with E-state index in [1.54, 1.807) is 18.3 Å². The Morgan fingerprint density at radius 1 is 1.20 bits per heavy atom. The predicted molar refractivity (Wildman–Crippen MR) is 76.7 cm³/mol. The lowest BCUT2D eigenvalue weighted by atomic mass is 10.2. The number of hydrazine groups is 1. The number of hydrogen-bond donors (Lipinski definition) is 2. The summed E-state index contributed by atoms with van der Waals surface area (Å²) in [4.78, 5) is 12.4. The highest BCUT2D eigenvalue weighted by atomic mass is 35.5. The molecule has 0 radical (unpaired) electrons. The van der Waals surface area contributed by atoms with Crippen LogP contribution in [0.4, 0.5) is 5.82 Å². The molecule has 3 N–H and O–H groups in total. The van der Waals surface area contributed by atoms with Crippen LogP contribution in [0.3, 0.4) is 0 Å². The highest BCUT2D eigenvalue weighted by Gasteiger charge is 2.09. The molecule has 0 fully saturated rings. The van der Waals surface area contributed by atoms with E-state index in [0.29, 0.717) is 28.0 Å². The van der Waals surface area contributed by atoms with Crippen molar-refractivity contribution in [2.24, 2.45) is 5.84 Å². The van der Waals surface area contributed by atoms with Gasteiger partial charge >= 0.3 is 0 Å². The van der Waals surface area contributed by atoms with Crippen molar-refractivity contribution in [3.63, 3.8) is 0 Å². The molecule has 0 saturated carbocycles. The zero-order chi connectivity index (χ0) is 13.9. The predicted octanol–water partition coefficient (Wildman–Crippen LogP) is 2.76. The van der Waals surface area contributed by atoms with Gasteiger partial charge in [0.25, 0.3) is 0 Å². The van der Waals surface area contributed by atoms with Crippen molar-refractivity contribution in [2.75, 3.05) is 5.43 Å². The van der Waals surface area contributed by atoms with Crippen molar-refractivity contribution in [1.29, 1.82) is 0 Å². The number of fused-ring (bicyclic) bond motifs is 1. The van der Waals surface area contributed by atoms with Crippen molar-refractivity contribution >= 4 is 28.3 Å². The number of pyridine rings is 1. The maximum absolute atomic E-state index is 6.13. The van der Waals surface area contributed by atoms with Crippen LogP contribution in [0, 0.1) is 0 Å². The molecule has 1 aromatic carbocycles. The third-order valence-electron chi connectivity index (χ3n) is 2.65. The van der Waals surface area contributed by atoms with Crippen molar-refractivity contribution < 1.29 is 4.74 Å². The monoisotopic (exact) mass is 287 g/mol. The topological polar surface area (TPSA) is 86.0 Å². The van der Waals surface area contributed by atoms with E-state index < -0.39 is 0 Å². The maximum Gasteiger partial charge on any atom is 0.239 e. The highest BCUT2D eigenvalue weighted by molar-refractivity contribution is 6.35. The minimum Gasteiger partial charge on any atom is -0.435 e. The summed E-state index contributed by atoms with van der Waals surface area (Å²) < 4.78 is 5.70. The number of nitrogen functional groups attached to an aromatic ring is 1. The molecular formula is C13H10ClN5O. The molecule has 0 amide bonds. The Morgan fingerprint density at radius 2 is 2.10 bits per heavy atom. The van der Waals surface area contributed by atoms with Crippen molar-refractivity contribution in [3.05, 3.63) is 47.9 Å². The molecular weight excluding hydrogens is 278 g/mol. The molecule has 20 heavy (non-hydrogen) atoms. The minimum atomic E-state index is 0.315. The zero-order valence-electron chi connectivity index (χ0n) is 10.2. The first-order chi connectivity index (χ1) is 9.78. The molecule has 2 aromatic heterocycles. The molecule has 100 valence electrons. The quantitative estimate of drug-likeness (QED) is 0.569. The van der Waals surface area contributed by atoms with Gasteiger partial charge in [0.2, 0.25) is 5.88 Å². The van der Waals surface area contributed by atoms with E-state index in [2.05, 4.69) is 20.4 Å². The van der Waals surface area contributed by atoms with Gasteiger partial charge in [-0.25, -0.2) is 5.84 Å². The Kier molecular flexibility index (Phi) is 3.32. The molecule has 0 spiro atoms. The second-order valence-electron chi connectivity index (χ2n) is 3.93. The van der Waals surface area contributed by atoms with E-state index in [1.807, 2.05) is 12.1 Å². The molecule has 0 atom stereocenters. The van der Waals surface area contributed by atoms with Crippen LogP contribution in [0.25, 0.3) is 10.9 Å². The number of ether oxygens (including phenoxy) is 1. The lowest BCUT2D eigenvalue weighted by molar-refractivity contribution is 0.465. The van der Waals surface area contributed by atoms with Crippen molar-refractivity contribution in [2.45, 2.75) is 0 Å². The van der Waals surface area contributed by atoms with Crippen LogP contribution in [0.2, 0.25) is 5.02 Å². The molecule has 0 unspecified atom stereocenters. The molecule has 0 aliphatic carbocycles. The third-order valence-corrected chi connectivity index (χ3v) is 2.98. The Bertz CT molecular complexity index is 765. The number of hydrogen-bond acceptors (Lipinski definition) is 6. The molecule has 3 rings (SSSR count). The van der Waals surface area contributed by atoms with Crippen LogP contribution < -0.4 is 16.0 Å². The lowest BCUT2D eigenvalue weighted by Crippen LogP contribution is -2.09. The molecule has 3 aromatic rings. The summed E-state index contributed by atoms with van der Waals surface area (Å²) >= 11 is 6.13. The number of nitrogens with zero attached hydrogens (tertiary/aromatic N) is 3. The van der Waals surface area contributed by atoms with Gasteiger partial charge in [-0.15, -0.1) is 0 Å². The normalized spacial score (nSPS) is 10.5. The number of rotatable bonds is 3. The summed E-state index contributed by atoms with van der Waals surface area (Å²) in [5.74, 6) is 6.56. The van der Waals surface area contributed by atoms with Crippen LogP contribution in [0.15, 0.2) is 42.9 Å². The fourth-order valence-electron chi connectivity index (χ4n) is 1.77. The van der Waals surface area contributed by atoms with E-state index in [-0.39, 0.29) is 0 Å². The summed E-state index contributed by atoms with van der Waals surface area (Å²) in [5, 5.41) is 1.43. The second-order valence-corrected chi connectivity index (χ2v) is 4.34. The smallest absolute Gasteiger partial charge is 0.239 e. The third kappa shape index (κ3) is 2.34. The summed E-state index contributed by atoms with van der Waals surface area (Å²) in [5.41, 5.74) is 3.07. The first kappa shape index (κ1) is 12.6. The Morgan fingerprint density at radius 3 is 2.95 bits per heavy atom. The fourth-order valence-corrected chi connectivity index (χ4v) is 1.99. The largest absolute Gasteiger partial charge is 0.435 e. The van der Waals surface area contributed by atoms with Crippen molar-refractivity contribution in [3.8, 4) is 11.6 Å². The van der Waals surface area contributed by atoms with Gasteiger partial charge < -0.3 is 10.2 Å². The summed E-state index contributed by atoms with van der Waals surface area (Å²) in [7, 11) is 0. The van der Waals surface area contributed by atoms with Gasteiger partial charge in [-0.05, 0) is 24.3 Å². The average Bonchev–Trinajstić information content (AvgIpc) is 2.51. The average molecular weight is 288 g/mol. The molecule has 0 saturated heterocycles. The van der Waals surface area contributed by atoms with Gasteiger partial charge in [0.15, 0.2) is 11.6 Å². The van der Waals surface area contributed by atoms with Crippen LogP contribution in [0.5, 0.6) is 11.6 Å². The van der Waals surface area contributed by atoms with Gasteiger partial charge in [-0.2, -0.15) is 4.98 Å². The number of benzene rings is 1. The molecule has 7 heteroatoms. The van der Waals surface area contributed by atoms with Crippen LogP contribution >= 0.6 is 11.6 Å². The van der Waals surface area contributed by atoms with E-state index >= 15 is 0 Å². The van der Waals surface area contributed by atoms with E-state index in [1.165, 1.54) is 12.4 Å². The SMILES string of the molecule is NNc1cncc(Oc2ccc(Cl)c3cccnc23)n1. The van der Waals surface area contributed by atoms with Crippen LogP contribution in [-0.4, -0.2) is 15.0 Å². The summed E-state index contributed by atoms with van der Waals surface area (Å²) in [6.45, 7) is 0. The number of aromatic nitrogens is 3. The fraction of sp³-hybridized carbons (Fsp3) is 0. The number of anilines is 1. The van der Waals surface area contributed by atoms with Crippen LogP contribution in [0.1, 0.15) is 0 Å². The van der Waals surface area contributed by atoms with Crippen LogP contribution in [-0.2, 0) is 0 Å². The van der Waals surface area contributed by atoms with E-state index in [9.17, 15) is 0 Å². The maximum atomic E-state index is 6.13. The minimum absolute atomic E-state index is 0.315. The highest BCUT2D eigenvalue weighted by Crippen LogP contribution is 2.31. The van der Waals surface area contributed by atoms with Gasteiger partial charge in [0.1, 0.15) is 5.52 Å².